The van der Waals surface area contributed by atoms with Gasteiger partial charge in [-0.05, 0) is 69.4 Å². The molecule has 5 aromatic carbocycles. The van der Waals surface area contributed by atoms with Gasteiger partial charge >= 0.3 is 11.9 Å². The Morgan fingerprint density at radius 2 is 1.25 bits per heavy atom. The van der Waals surface area contributed by atoms with Crippen LogP contribution in [-0.2, 0) is 30.0 Å². The number of hydrogen-bond acceptors (Lipinski definition) is 6. The maximum Gasteiger partial charge on any atom is 0.338 e. The summed E-state index contributed by atoms with van der Waals surface area (Å²) in [4.78, 5) is 25.5. The first-order valence-corrected chi connectivity index (χ1v) is 22.1. The molecule has 6 rings (SSSR count). The van der Waals surface area contributed by atoms with Crippen LogP contribution in [0.4, 0.5) is 0 Å². The van der Waals surface area contributed by atoms with E-state index >= 15 is 0 Å². The average Bonchev–Trinajstić information content (AvgIpc) is 3.57. The lowest BCUT2D eigenvalue weighted by Gasteiger charge is -2.44. The average molecular weight is 781 g/mol. The molecule has 0 unspecified atom stereocenters. The maximum absolute atomic E-state index is 13.8. The molecule has 0 amide bonds. The summed E-state index contributed by atoms with van der Waals surface area (Å²) in [7, 11) is -1.49. The van der Waals surface area contributed by atoms with E-state index < -0.39 is 14.4 Å². The fourth-order valence-corrected chi connectivity index (χ4v) is 12.8. The number of methoxy groups -OCH3 is 1. The first kappa shape index (κ1) is 41.5. The molecule has 0 N–H and O–H groups in total. The Bertz CT molecular complexity index is 1970. The van der Waals surface area contributed by atoms with Crippen LogP contribution in [0, 0.1) is 11.8 Å². The summed E-state index contributed by atoms with van der Waals surface area (Å²) in [6.07, 6.45) is 6.84. The first-order valence-electron chi connectivity index (χ1n) is 20.2. The van der Waals surface area contributed by atoms with Crippen LogP contribution in [0.5, 0.6) is 0 Å². The summed E-state index contributed by atoms with van der Waals surface area (Å²) in [5.74, 6) is -0.694. The van der Waals surface area contributed by atoms with Gasteiger partial charge in [0, 0.05) is 25.4 Å². The van der Waals surface area contributed by atoms with E-state index in [-0.39, 0.29) is 34.9 Å². The van der Waals surface area contributed by atoms with Crippen molar-refractivity contribution in [2.75, 3.05) is 13.7 Å². The predicted octanol–water partition coefficient (Wildman–Crippen LogP) is 9.97. The van der Waals surface area contributed by atoms with Crippen LogP contribution in [0.25, 0.3) is 11.1 Å². The molecule has 0 spiro atoms. The Kier molecular flexibility index (Phi) is 14.5. The number of allylic oxidation sites excluding steroid dienone is 2. The van der Waals surface area contributed by atoms with Crippen molar-refractivity contribution in [1.82, 2.24) is 0 Å². The smallest absolute Gasteiger partial charge is 0.338 e. The lowest BCUT2D eigenvalue weighted by Crippen LogP contribution is -2.67. The number of ether oxygens (including phenoxy) is 3. The van der Waals surface area contributed by atoms with E-state index in [2.05, 4.69) is 142 Å². The zero-order chi connectivity index (χ0) is 40.1. The zero-order valence-electron chi connectivity index (χ0n) is 33.7. The van der Waals surface area contributed by atoms with Crippen LogP contribution in [0.15, 0.2) is 158 Å². The molecule has 4 atom stereocenters. The molecule has 0 radical (unpaired) electrons. The Labute approximate surface area is 340 Å². The summed E-state index contributed by atoms with van der Waals surface area (Å²) in [5.41, 5.74) is 3.93. The van der Waals surface area contributed by atoms with Gasteiger partial charge in [0.25, 0.3) is 8.32 Å². The molecule has 5 aromatic rings. The molecule has 1 fully saturated rings. The van der Waals surface area contributed by atoms with E-state index in [9.17, 15) is 9.59 Å². The molecule has 1 aliphatic carbocycles. The molecule has 6 nitrogen and oxygen atoms in total. The second kappa shape index (κ2) is 19.9. The molecular formula is C50H56O6Si. The molecule has 7 heteroatoms. The van der Waals surface area contributed by atoms with Crippen molar-refractivity contribution in [3.05, 3.63) is 169 Å². The molecule has 0 saturated heterocycles. The Morgan fingerprint density at radius 1 is 0.684 bits per heavy atom. The lowest BCUT2D eigenvalue weighted by atomic mass is 9.90. The number of carbonyl (C=O) groups excluding carboxylic acids is 2. The predicted molar refractivity (Wildman–Crippen MR) is 231 cm³/mol. The molecule has 0 aliphatic heterocycles. The number of benzene rings is 5. The summed E-state index contributed by atoms with van der Waals surface area (Å²) in [5, 5.41) is 2.18. The Hall–Kier alpha value is -5.08. The fraction of sp³-hybridized carbons (Fsp3) is 0.320. The van der Waals surface area contributed by atoms with Gasteiger partial charge < -0.3 is 18.6 Å². The van der Waals surface area contributed by atoms with Crippen molar-refractivity contribution in [1.29, 1.82) is 0 Å². The third-order valence-corrected chi connectivity index (χ3v) is 16.2. The van der Waals surface area contributed by atoms with Crippen LogP contribution in [0.2, 0.25) is 5.04 Å². The van der Waals surface area contributed by atoms with Crippen molar-refractivity contribution in [3.8, 4) is 11.1 Å². The van der Waals surface area contributed by atoms with E-state index in [1.807, 2.05) is 24.3 Å². The SMILES string of the molecule is COC(=O)CCC/C=C\C[C@@H]1[C@@H](CO[Si](c2ccccc2)(c2ccccc2)C(C)(C)C)[C@H](OC(=O)c2ccccc2)C[C@H]1OCc1ccc(-c2ccccc2)cc1. The minimum atomic E-state index is -2.91. The number of hydrogen-bond donors (Lipinski definition) is 0. The highest BCUT2D eigenvalue weighted by atomic mass is 28.4. The third kappa shape index (κ3) is 10.5. The van der Waals surface area contributed by atoms with Gasteiger partial charge in [-0.25, -0.2) is 4.79 Å². The van der Waals surface area contributed by atoms with Gasteiger partial charge in [0.1, 0.15) is 6.10 Å². The second-order valence-corrected chi connectivity index (χ2v) is 20.2. The molecule has 0 bridgehead atoms. The van der Waals surface area contributed by atoms with Crippen molar-refractivity contribution < 1.29 is 28.2 Å². The Balaban J connectivity index is 1.32. The lowest BCUT2D eigenvalue weighted by molar-refractivity contribution is -0.140. The number of unbranched alkanes of at least 4 members (excludes halogenated alkanes) is 1. The number of esters is 2. The van der Waals surface area contributed by atoms with Crippen LogP contribution >= 0.6 is 0 Å². The standard InChI is InChI=1S/C50H56O6Si/c1-50(2,3)57(42-25-15-9-16-26-42,43-27-17-10-18-28-43)55-37-45-44(29-19-5-6-20-30-48(51)53-4)46(35-47(45)56-49(52)41-23-13-8-14-24-41)54-36-38-31-33-40(34-32-38)39-21-11-7-12-22-39/h5,7-19,21-28,31-34,44-47H,6,20,29-30,35-37H2,1-4H3/b19-5-/t44-,45-,46-,47-/m1/s1. The monoisotopic (exact) mass is 780 g/mol. The van der Waals surface area contributed by atoms with Gasteiger partial charge in [-0.3, -0.25) is 4.79 Å². The van der Waals surface area contributed by atoms with Crippen molar-refractivity contribution in [3.63, 3.8) is 0 Å². The van der Waals surface area contributed by atoms with Crippen molar-refractivity contribution in [2.24, 2.45) is 11.8 Å². The van der Waals surface area contributed by atoms with Gasteiger partial charge in [-0.1, -0.05) is 166 Å². The van der Waals surface area contributed by atoms with Crippen LogP contribution in [0.1, 0.15) is 68.8 Å². The van der Waals surface area contributed by atoms with Gasteiger partial charge in [0.05, 0.1) is 25.4 Å². The molecular weight excluding hydrogens is 725 g/mol. The highest BCUT2D eigenvalue weighted by molar-refractivity contribution is 6.99. The summed E-state index contributed by atoms with van der Waals surface area (Å²) in [6, 6.07) is 49.4. The highest BCUT2D eigenvalue weighted by Crippen LogP contribution is 2.43. The topological polar surface area (TPSA) is 71.1 Å². The van der Waals surface area contributed by atoms with Crippen molar-refractivity contribution >= 4 is 30.6 Å². The van der Waals surface area contributed by atoms with Crippen LogP contribution in [-0.4, -0.2) is 46.2 Å². The molecule has 57 heavy (non-hydrogen) atoms. The van der Waals surface area contributed by atoms with Crippen molar-refractivity contribution in [2.45, 2.75) is 76.7 Å². The molecule has 0 aromatic heterocycles. The third-order valence-electron chi connectivity index (χ3n) is 11.2. The van der Waals surface area contributed by atoms with Crippen LogP contribution in [0.3, 0.4) is 0 Å². The minimum Gasteiger partial charge on any atom is -0.469 e. The van der Waals surface area contributed by atoms with E-state index in [4.69, 9.17) is 18.6 Å². The molecule has 1 aliphatic rings. The molecule has 0 heterocycles. The van der Waals surface area contributed by atoms with Gasteiger partial charge in [-0.15, -0.1) is 0 Å². The molecule has 296 valence electrons. The second-order valence-electron chi connectivity index (χ2n) is 15.9. The normalized spacial score (nSPS) is 18.4. The van der Waals surface area contributed by atoms with E-state index in [1.165, 1.54) is 23.0 Å². The number of rotatable bonds is 17. The van der Waals surface area contributed by atoms with E-state index in [0.29, 0.717) is 44.5 Å². The quantitative estimate of drug-likeness (QED) is 0.0405. The Morgan fingerprint density at radius 3 is 1.82 bits per heavy atom. The molecule has 1 saturated carbocycles. The zero-order valence-corrected chi connectivity index (χ0v) is 34.7. The minimum absolute atomic E-state index is 0.00256. The summed E-state index contributed by atoms with van der Waals surface area (Å²) < 4.78 is 25.7. The van der Waals surface area contributed by atoms with Gasteiger partial charge in [0.2, 0.25) is 0 Å². The maximum atomic E-state index is 13.8. The summed E-state index contributed by atoms with van der Waals surface area (Å²) in [6.45, 7) is 7.67. The largest absolute Gasteiger partial charge is 0.469 e. The van der Waals surface area contributed by atoms with E-state index in [0.717, 1.165) is 17.5 Å². The number of carbonyl (C=O) groups is 2. The first-order chi connectivity index (χ1) is 27.7. The fourth-order valence-electron chi connectivity index (χ4n) is 8.24. The summed E-state index contributed by atoms with van der Waals surface area (Å²) >= 11 is 0. The van der Waals surface area contributed by atoms with Crippen LogP contribution < -0.4 is 10.4 Å². The highest BCUT2D eigenvalue weighted by Gasteiger charge is 2.53. The van der Waals surface area contributed by atoms with Gasteiger partial charge in [0.15, 0.2) is 0 Å². The van der Waals surface area contributed by atoms with E-state index in [1.54, 1.807) is 12.1 Å². The van der Waals surface area contributed by atoms with Gasteiger partial charge in [-0.2, -0.15) is 0 Å².